The Morgan fingerprint density at radius 2 is 1.06 bits per heavy atom. The zero-order valence-corrected chi connectivity index (χ0v) is 35.0. The number of aromatic nitrogens is 2. The molecule has 24 heteroatoms. The molecule has 15 N–H and O–H groups in total. The Labute approximate surface area is 370 Å². The fourth-order valence-corrected chi connectivity index (χ4v) is 6.09. The molecule has 2 aromatic carbocycles. The fraction of sp³-hybridized carbons (Fsp3) is 0.390. The number of nitrogens with one attached hydrogen (secondary N) is 7. The summed E-state index contributed by atoms with van der Waals surface area (Å²) in [6.45, 7) is 1.13. The van der Waals surface area contributed by atoms with Crippen LogP contribution in [0.15, 0.2) is 67.1 Å². The van der Waals surface area contributed by atoms with E-state index in [-0.39, 0.29) is 30.7 Å². The molecule has 3 rings (SSSR count). The number of nitrogens with zero attached hydrogens (tertiary/aromatic N) is 1. The normalized spacial score (nSPS) is 14.1. The smallest absolute Gasteiger partial charge is 0.325 e. The maximum Gasteiger partial charge on any atom is 0.325 e. The zero-order chi connectivity index (χ0) is 48.2. The van der Waals surface area contributed by atoms with Gasteiger partial charge < -0.3 is 68.8 Å². The number of hydrogen-bond donors (Lipinski definition) is 13. The van der Waals surface area contributed by atoms with Crippen molar-refractivity contribution in [3.05, 3.63) is 83.9 Å². The van der Waals surface area contributed by atoms with Crippen molar-refractivity contribution in [2.24, 2.45) is 11.5 Å². The molecule has 7 atom stereocenters. The van der Waals surface area contributed by atoms with Crippen molar-refractivity contribution >= 4 is 59.3 Å². The Morgan fingerprint density at radius 3 is 1.57 bits per heavy atom. The highest BCUT2D eigenvalue weighted by Gasteiger charge is 2.34. The van der Waals surface area contributed by atoms with Gasteiger partial charge in [0.2, 0.25) is 41.4 Å². The van der Waals surface area contributed by atoms with E-state index in [1.807, 2.05) is 0 Å². The number of carbonyl (C=O) groups excluding carboxylic acids is 7. The molecule has 0 radical (unpaired) electrons. The molecule has 0 bridgehead atoms. The van der Waals surface area contributed by atoms with Crippen LogP contribution in [0, 0.1) is 0 Å². The average Bonchev–Trinajstić information content (AvgIpc) is 3.76. The summed E-state index contributed by atoms with van der Waals surface area (Å²) in [7, 11) is 0. The zero-order valence-electron chi connectivity index (χ0n) is 35.0. The van der Waals surface area contributed by atoms with Crippen molar-refractivity contribution in [3.63, 3.8) is 0 Å². The van der Waals surface area contributed by atoms with Crippen molar-refractivity contribution in [2.75, 3.05) is 0 Å². The number of carboxylic acid groups (broad SMARTS) is 3. The lowest BCUT2D eigenvalue weighted by Gasteiger charge is -2.27. The third-order valence-electron chi connectivity index (χ3n) is 9.58. The molecule has 3 aromatic rings. The maximum atomic E-state index is 13.9. The van der Waals surface area contributed by atoms with Crippen molar-refractivity contribution in [1.82, 2.24) is 41.9 Å². The van der Waals surface area contributed by atoms with Crippen LogP contribution in [0.5, 0.6) is 5.75 Å². The van der Waals surface area contributed by atoms with Gasteiger partial charge in [0.25, 0.3) is 0 Å². The molecule has 1 heterocycles. The Bertz CT molecular complexity index is 2150. The summed E-state index contributed by atoms with van der Waals surface area (Å²) in [5.41, 5.74) is 13.0. The van der Waals surface area contributed by atoms with Crippen molar-refractivity contribution in [3.8, 4) is 5.75 Å². The van der Waals surface area contributed by atoms with Crippen LogP contribution in [0.2, 0.25) is 0 Å². The number of nitrogens with two attached hydrogens (primary N) is 2. The van der Waals surface area contributed by atoms with E-state index in [1.165, 1.54) is 24.7 Å². The van der Waals surface area contributed by atoms with E-state index in [0.717, 1.165) is 6.92 Å². The summed E-state index contributed by atoms with van der Waals surface area (Å²) in [4.78, 5) is 135. The van der Waals surface area contributed by atoms with E-state index in [4.69, 9.17) is 11.5 Å². The first-order valence-electron chi connectivity index (χ1n) is 20.0. The SMILES string of the molecule is C[C@H](NC(=O)[C@H](CCC(=O)O)NC(=O)[C@H](Cc1cnc[nH]1)NC(=O)[C@H](CCC(=O)O)NC(=O)[C@H](CC(N)=O)NC(=O)[C@H](Cc1ccccc1)NC(=O)[C@@H](N)Cc1ccc(O)cc1)C(=O)O. The van der Waals surface area contributed by atoms with Crippen molar-refractivity contribution in [2.45, 2.75) is 101 Å². The van der Waals surface area contributed by atoms with Gasteiger partial charge in [0, 0.05) is 37.6 Å². The summed E-state index contributed by atoms with van der Waals surface area (Å²) in [5, 5.41) is 51.6. The van der Waals surface area contributed by atoms with Crippen LogP contribution in [-0.2, 0) is 67.2 Å². The van der Waals surface area contributed by atoms with E-state index in [2.05, 4.69) is 41.9 Å². The number of benzene rings is 2. The highest BCUT2D eigenvalue weighted by Crippen LogP contribution is 2.12. The molecule has 0 fully saturated rings. The number of aromatic amines is 1. The number of carbonyl (C=O) groups is 10. The molecule has 1 aromatic heterocycles. The quantitative estimate of drug-likeness (QED) is 0.0365. The van der Waals surface area contributed by atoms with Crippen LogP contribution in [0.25, 0.3) is 0 Å². The predicted molar refractivity (Wildman–Crippen MR) is 225 cm³/mol. The topological polar surface area (TPSA) is 405 Å². The van der Waals surface area contributed by atoms with Crippen molar-refractivity contribution in [1.29, 1.82) is 0 Å². The van der Waals surface area contributed by atoms with E-state index >= 15 is 0 Å². The lowest BCUT2D eigenvalue weighted by atomic mass is 10.0. The molecule has 0 saturated heterocycles. The van der Waals surface area contributed by atoms with Gasteiger partial charge in [-0.05, 0) is 49.4 Å². The van der Waals surface area contributed by atoms with Gasteiger partial charge in [0.15, 0.2) is 0 Å². The van der Waals surface area contributed by atoms with Gasteiger partial charge in [-0.15, -0.1) is 0 Å². The summed E-state index contributed by atoms with van der Waals surface area (Å²) in [5.74, 6) is -11.5. The number of aromatic hydroxyl groups is 1. The number of aliphatic carboxylic acids is 3. The van der Waals surface area contributed by atoms with Crippen LogP contribution in [-0.4, -0.2) is 132 Å². The molecule has 24 nitrogen and oxygen atoms in total. The second-order valence-electron chi connectivity index (χ2n) is 14.9. The van der Waals surface area contributed by atoms with Gasteiger partial charge in [0.1, 0.15) is 42.0 Å². The monoisotopic (exact) mass is 908 g/mol. The van der Waals surface area contributed by atoms with Crippen LogP contribution in [0.4, 0.5) is 0 Å². The molecule has 0 unspecified atom stereocenters. The third-order valence-corrected chi connectivity index (χ3v) is 9.58. The lowest BCUT2D eigenvalue weighted by Crippen LogP contribution is -2.60. The summed E-state index contributed by atoms with van der Waals surface area (Å²) >= 11 is 0. The molecule has 7 amide bonds. The third kappa shape index (κ3) is 18.2. The molecule has 0 spiro atoms. The molecule has 0 aliphatic heterocycles. The van der Waals surface area contributed by atoms with Gasteiger partial charge >= 0.3 is 17.9 Å². The number of imidazole rings is 1. The van der Waals surface area contributed by atoms with E-state index in [9.17, 15) is 68.4 Å². The highest BCUT2D eigenvalue weighted by atomic mass is 16.4. The molecule has 65 heavy (non-hydrogen) atoms. The van der Waals surface area contributed by atoms with Crippen LogP contribution in [0.1, 0.15) is 55.8 Å². The van der Waals surface area contributed by atoms with E-state index in [0.29, 0.717) is 11.1 Å². The Kier molecular flexibility index (Phi) is 20.0. The molecule has 0 aliphatic carbocycles. The molecular weight excluding hydrogens is 857 g/mol. The minimum Gasteiger partial charge on any atom is -0.508 e. The van der Waals surface area contributed by atoms with Gasteiger partial charge in [0.05, 0.1) is 18.8 Å². The van der Waals surface area contributed by atoms with Crippen molar-refractivity contribution < 1.29 is 68.4 Å². The Hall–Kier alpha value is -7.89. The minimum atomic E-state index is -1.81. The van der Waals surface area contributed by atoms with E-state index < -0.39 is 134 Å². The predicted octanol–water partition coefficient (Wildman–Crippen LogP) is -2.91. The van der Waals surface area contributed by atoms with Gasteiger partial charge in [-0.1, -0.05) is 42.5 Å². The summed E-state index contributed by atoms with van der Waals surface area (Å²) < 4.78 is 0. The highest BCUT2D eigenvalue weighted by molar-refractivity contribution is 5.98. The fourth-order valence-electron chi connectivity index (χ4n) is 6.09. The number of phenols is 1. The number of hydrogen-bond acceptors (Lipinski definition) is 13. The van der Waals surface area contributed by atoms with E-state index in [1.54, 1.807) is 42.5 Å². The summed E-state index contributed by atoms with van der Waals surface area (Å²) in [6.07, 6.45) is -1.27. The first kappa shape index (κ1) is 51.5. The molecular formula is C41H52N10O14. The first-order chi connectivity index (χ1) is 30.7. The number of carboxylic acids is 3. The molecule has 350 valence electrons. The molecule has 0 saturated carbocycles. The standard InChI is InChI=1S/C41H52N10O14/c1-21(41(64)65)46-36(59)27(11-13-33(54)55)47-39(62)30(17-24-19-44-20-45-24)50-37(60)28(12-14-34(56)57)48-40(63)31(18-32(43)53)51-38(61)29(16-22-5-3-2-4-6-22)49-35(58)26(42)15-23-7-9-25(52)10-8-23/h2-10,19-21,26-31,52H,11-18,42H2,1H3,(H2,43,53)(H,44,45)(H,46,59)(H,47,62)(H,48,63)(H,49,58)(H,50,60)(H,51,61)(H,54,55)(H,56,57)(H,64,65)/t21-,26-,27-,28-,29-,30-,31-/m0/s1. The second-order valence-corrected chi connectivity index (χ2v) is 14.9. The number of phenolic OH excluding ortho intramolecular Hbond substituents is 1. The Balaban J connectivity index is 1.88. The maximum absolute atomic E-state index is 13.9. The minimum absolute atomic E-state index is 0.00853. The van der Waals surface area contributed by atoms with Gasteiger partial charge in [-0.25, -0.2) is 4.98 Å². The summed E-state index contributed by atoms with van der Waals surface area (Å²) in [6, 6.07) is 3.43. The lowest BCUT2D eigenvalue weighted by molar-refractivity contribution is -0.142. The number of H-pyrrole nitrogens is 1. The van der Waals surface area contributed by atoms with Crippen LogP contribution in [0.3, 0.4) is 0 Å². The number of rotatable bonds is 27. The van der Waals surface area contributed by atoms with Crippen LogP contribution < -0.4 is 43.4 Å². The number of primary amides is 1. The second kappa shape index (κ2) is 25.3. The number of amides is 7. The Morgan fingerprint density at radius 1 is 0.600 bits per heavy atom. The van der Waals surface area contributed by atoms with Gasteiger partial charge in [-0.3, -0.25) is 47.9 Å². The van der Waals surface area contributed by atoms with Gasteiger partial charge in [-0.2, -0.15) is 0 Å². The van der Waals surface area contributed by atoms with Crippen LogP contribution >= 0.6 is 0 Å². The average molecular weight is 909 g/mol. The molecule has 0 aliphatic rings. The largest absolute Gasteiger partial charge is 0.508 e. The first-order valence-corrected chi connectivity index (χ1v) is 20.0.